The predicted octanol–water partition coefficient (Wildman–Crippen LogP) is 1.76. The molecule has 0 saturated carbocycles. The fourth-order valence-corrected chi connectivity index (χ4v) is 1.47. The molecular formula is C14H20O4. The molecule has 1 aromatic carbocycles. The Labute approximate surface area is 107 Å². The Hall–Kier alpha value is -1.10. The molecule has 0 spiro atoms. The Balaban J connectivity index is 0.000000134. The third-order valence-electron chi connectivity index (χ3n) is 2.78. The molecule has 2 fully saturated rings. The summed E-state index contributed by atoms with van der Waals surface area (Å²) >= 11 is 0. The van der Waals surface area contributed by atoms with Gasteiger partial charge in [0, 0.05) is 0 Å². The van der Waals surface area contributed by atoms with Crippen molar-refractivity contribution >= 4 is 0 Å². The highest BCUT2D eigenvalue weighted by molar-refractivity contribution is 5.31. The maximum Gasteiger partial charge on any atom is 0.118 e. The number of benzene rings is 1. The van der Waals surface area contributed by atoms with Gasteiger partial charge in [-0.3, -0.25) is 0 Å². The van der Waals surface area contributed by atoms with Crippen molar-refractivity contribution in [2.45, 2.75) is 25.6 Å². The van der Waals surface area contributed by atoms with Crippen molar-refractivity contribution in [3.63, 3.8) is 0 Å². The molecule has 1 N–H and O–H groups in total. The third kappa shape index (κ3) is 5.04. The first-order valence-electron chi connectivity index (χ1n) is 6.37. The van der Waals surface area contributed by atoms with Crippen LogP contribution in [0.3, 0.4) is 0 Å². The van der Waals surface area contributed by atoms with Crippen molar-refractivity contribution in [2.75, 3.05) is 26.4 Å². The number of hydrogen-bond donors (Lipinski definition) is 1. The van der Waals surface area contributed by atoms with Crippen LogP contribution in [0.1, 0.15) is 12.5 Å². The smallest absolute Gasteiger partial charge is 0.118 e. The summed E-state index contributed by atoms with van der Waals surface area (Å²) in [6.07, 6.45) is 1.68. The van der Waals surface area contributed by atoms with Crippen molar-refractivity contribution in [3.8, 4) is 5.75 Å². The monoisotopic (exact) mass is 252 g/mol. The zero-order valence-electron chi connectivity index (χ0n) is 10.7. The number of ether oxygens (including phenoxy) is 3. The lowest BCUT2D eigenvalue weighted by Crippen LogP contribution is -2.06. The second kappa shape index (κ2) is 6.73. The van der Waals surface area contributed by atoms with E-state index in [1.54, 1.807) is 6.07 Å². The van der Waals surface area contributed by atoms with Crippen LogP contribution in [0.5, 0.6) is 5.75 Å². The maximum absolute atomic E-state index is 9.11. The van der Waals surface area contributed by atoms with Crippen LogP contribution in [-0.2, 0) is 20.6 Å². The summed E-state index contributed by atoms with van der Waals surface area (Å²) in [4.78, 5) is 0. The Morgan fingerprint density at radius 1 is 1.17 bits per heavy atom. The molecular weight excluding hydrogens is 232 g/mol. The van der Waals surface area contributed by atoms with Crippen LogP contribution in [0, 0.1) is 0 Å². The summed E-state index contributed by atoms with van der Waals surface area (Å²) < 4.78 is 15.1. The summed E-state index contributed by atoms with van der Waals surface area (Å²) in [5, 5.41) is 9.11. The lowest BCUT2D eigenvalue weighted by atomic mass is 10.1. The van der Waals surface area contributed by atoms with Crippen molar-refractivity contribution in [3.05, 3.63) is 29.8 Å². The van der Waals surface area contributed by atoms with Crippen LogP contribution < -0.4 is 0 Å². The van der Waals surface area contributed by atoms with Crippen molar-refractivity contribution in [2.24, 2.45) is 0 Å². The van der Waals surface area contributed by atoms with Gasteiger partial charge in [0.15, 0.2) is 0 Å². The van der Waals surface area contributed by atoms with E-state index >= 15 is 0 Å². The number of para-hydroxylation sites is 1. The number of phenols is 1. The summed E-state index contributed by atoms with van der Waals surface area (Å²) in [5.41, 5.74) is 1.01. The van der Waals surface area contributed by atoms with E-state index in [0.29, 0.717) is 18.0 Å². The second-order valence-electron chi connectivity index (χ2n) is 4.43. The molecule has 18 heavy (non-hydrogen) atoms. The quantitative estimate of drug-likeness (QED) is 0.811. The SMILES string of the molecule is C(OCC1CO1)C1CO1.CCc1ccccc1O. The molecule has 4 nitrogen and oxygen atoms in total. The lowest BCUT2D eigenvalue weighted by molar-refractivity contribution is 0.102. The minimum Gasteiger partial charge on any atom is -0.508 e. The molecule has 2 atom stereocenters. The van der Waals surface area contributed by atoms with Crippen LogP contribution >= 0.6 is 0 Å². The molecule has 2 saturated heterocycles. The molecule has 4 heteroatoms. The first kappa shape index (κ1) is 13.3. The van der Waals surface area contributed by atoms with E-state index in [0.717, 1.165) is 38.4 Å². The fraction of sp³-hybridized carbons (Fsp3) is 0.571. The van der Waals surface area contributed by atoms with Gasteiger partial charge in [-0.15, -0.1) is 0 Å². The Morgan fingerprint density at radius 2 is 1.72 bits per heavy atom. The van der Waals surface area contributed by atoms with E-state index in [9.17, 15) is 0 Å². The second-order valence-corrected chi connectivity index (χ2v) is 4.43. The summed E-state index contributed by atoms with van der Waals surface area (Å²) in [6, 6.07) is 7.39. The van der Waals surface area contributed by atoms with Gasteiger partial charge in [-0.25, -0.2) is 0 Å². The summed E-state index contributed by atoms with van der Waals surface area (Å²) in [7, 11) is 0. The van der Waals surface area contributed by atoms with Crippen LogP contribution in [0.15, 0.2) is 24.3 Å². The van der Waals surface area contributed by atoms with Gasteiger partial charge < -0.3 is 19.3 Å². The van der Waals surface area contributed by atoms with Gasteiger partial charge in [-0.1, -0.05) is 25.1 Å². The van der Waals surface area contributed by atoms with E-state index in [1.165, 1.54) is 0 Å². The average molecular weight is 252 g/mol. The van der Waals surface area contributed by atoms with Crippen LogP contribution in [0.25, 0.3) is 0 Å². The van der Waals surface area contributed by atoms with Crippen molar-refractivity contribution in [1.82, 2.24) is 0 Å². The van der Waals surface area contributed by atoms with Crippen LogP contribution in [0.4, 0.5) is 0 Å². The fourth-order valence-electron chi connectivity index (χ4n) is 1.47. The van der Waals surface area contributed by atoms with E-state index in [4.69, 9.17) is 19.3 Å². The largest absolute Gasteiger partial charge is 0.508 e. The first-order chi connectivity index (χ1) is 8.79. The number of aryl methyl sites for hydroxylation is 1. The predicted molar refractivity (Wildman–Crippen MR) is 67.8 cm³/mol. The number of hydrogen-bond acceptors (Lipinski definition) is 4. The zero-order valence-corrected chi connectivity index (χ0v) is 10.7. The maximum atomic E-state index is 9.11. The lowest BCUT2D eigenvalue weighted by Gasteiger charge is -1.97. The highest BCUT2D eigenvalue weighted by Gasteiger charge is 2.26. The van der Waals surface area contributed by atoms with Gasteiger partial charge in [-0.05, 0) is 18.1 Å². The normalized spacial score (nSPS) is 24.1. The van der Waals surface area contributed by atoms with Gasteiger partial charge in [0.25, 0.3) is 0 Å². The molecule has 2 aliphatic heterocycles. The van der Waals surface area contributed by atoms with E-state index in [2.05, 4.69) is 0 Å². The molecule has 0 aliphatic carbocycles. The van der Waals surface area contributed by atoms with Crippen molar-refractivity contribution in [1.29, 1.82) is 0 Å². The molecule has 0 bridgehead atoms. The van der Waals surface area contributed by atoms with Crippen LogP contribution in [-0.4, -0.2) is 43.7 Å². The highest BCUT2D eigenvalue weighted by atomic mass is 16.6. The number of phenolic OH excluding ortho intramolecular Hbond substituents is 1. The van der Waals surface area contributed by atoms with Crippen LogP contribution in [0.2, 0.25) is 0 Å². The Morgan fingerprint density at radius 3 is 2.11 bits per heavy atom. The van der Waals surface area contributed by atoms with E-state index < -0.39 is 0 Å². The molecule has 2 aliphatic rings. The first-order valence-corrected chi connectivity index (χ1v) is 6.37. The van der Waals surface area contributed by atoms with Gasteiger partial charge >= 0.3 is 0 Å². The topological polar surface area (TPSA) is 54.5 Å². The highest BCUT2D eigenvalue weighted by Crippen LogP contribution is 2.15. The summed E-state index contributed by atoms with van der Waals surface area (Å²) in [5.74, 6) is 0.403. The molecule has 2 heterocycles. The number of epoxide rings is 2. The van der Waals surface area contributed by atoms with Crippen molar-refractivity contribution < 1.29 is 19.3 Å². The molecule has 1 aromatic rings. The minimum atomic E-state index is 0.392. The number of rotatable bonds is 5. The zero-order chi connectivity index (χ0) is 12.8. The molecule has 3 rings (SSSR count). The molecule has 0 aromatic heterocycles. The Bertz CT molecular complexity index is 347. The van der Waals surface area contributed by atoms with E-state index in [1.807, 2.05) is 25.1 Å². The molecule has 2 unspecified atom stereocenters. The Kier molecular flexibility index (Phi) is 4.99. The minimum absolute atomic E-state index is 0.392. The molecule has 0 amide bonds. The van der Waals surface area contributed by atoms with Gasteiger partial charge in [0.1, 0.15) is 18.0 Å². The van der Waals surface area contributed by atoms with Gasteiger partial charge in [0.05, 0.1) is 26.4 Å². The van der Waals surface area contributed by atoms with E-state index in [-0.39, 0.29) is 0 Å². The van der Waals surface area contributed by atoms with Gasteiger partial charge in [-0.2, -0.15) is 0 Å². The summed E-state index contributed by atoms with van der Waals surface area (Å²) in [6.45, 7) is 5.28. The third-order valence-corrected chi connectivity index (χ3v) is 2.78. The average Bonchev–Trinajstić information content (AvgIpc) is 3.25. The standard InChI is InChI=1S/C8H10O.C6H10O3/c1-2-7-5-3-4-6-8(7)9;1(5-3-8-5)7-2-6-4-9-6/h3-6,9H,2H2,1H3;5-6H,1-4H2. The van der Waals surface area contributed by atoms with Gasteiger partial charge in [0.2, 0.25) is 0 Å². The number of aromatic hydroxyl groups is 1. The molecule has 100 valence electrons. The molecule has 0 radical (unpaired) electrons.